The molecule has 2 nitrogen and oxygen atoms in total. The summed E-state index contributed by atoms with van der Waals surface area (Å²) in [4.78, 5) is 2.67. The molecule has 2 atom stereocenters. The lowest BCUT2D eigenvalue weighted by molar-refractivity contribution is 0.194. The minimum atomic E-state index is 0.878. The van der Waals surface area contributed by atoms with Crippen LogP contribution in [-0.2, 0) is 0 Å². The van der Waals surface area contributed by atoms with Gasteiger partial charge in [0.15, 0.2) is 0 Å². The van der Waals surface area contributed by atoms with E-state index in [1.807, 2.05) is 0 Å². The van der Waals surface area contributed by atoms with Crippen LogP contribution in [-0.4, -0.2) is 37.6 Å². The first kappa shape index (κ1) is 17.0. The van der Waals surface area contributed by atoms with E-state index in [0.29, 0.717) is 0 Å². The van der Waals surface area contributed by atoms with E-state index in [4.69, 9.17) is 0 Å². The zero-order chi connectivity index (χ0) is 14.1. The monoisotopic (exact) mass is 268 g/mol. The third-order valence-corrected chi connectivity index (χ3v) is 5.16. The highest BCUT2D eigenvalue weighted by atomic mass is 15.1. The van der Waals surface area contributed by atoms with Crippen LogP contribution in [0.15, 0.2) is 0 Å². The minimum Gasteiger partial charge on any atom is -0.316 e. The quantitative estimate of drug-likeness (QED) is 0.685. The number of piperidine rings is 1. The first-order chi connectivity index (χ1) is 9.21. The van der Waals surface area contributed by atoms with Crippen molar-refractivity contribution in [3.63, 3.8) is 0 Å². The third kappa shape index (κ3) is 6.27. The molecule has 0 bridgehead atoms. The summed E-state index contributed by atoms with van der Waals surface area (Å²) in [6.07, 6.45) is 6.84. The molecular weight excluding hydrogens is 232 g/mol. The van der Waals surface area contributed by atoms with E-state index in [2.05, 4.69) is 37.9 Å². The fourth-order valence-corrected chi connectivity index (χ4v) is 3.28. The summed E-state index contributed by atoms with van der Waals surface area (Å²) in [6, 6.07) is 0. The van der Waals surface area contributed by atoms with Crippen LogP contribution in [0.4, 0.5) is 0 Å². The molecule has 0 aromatic carbocycles. The van der Waals surface area contributed by atoms with E-state index in [1.165, 1.54) is 64.8 Å². The summed E-state index contributed by atoms with van der Waals surface area (Å²) in [5.74, 6) is 2.69. The molecule has 1 fully saturated rings. The number of nitrogens with one attached hydrogen (secondary N) is 1. The van der Waals surface area contributed by atoms with Gasteiger partial charge in [0.05, 0.1) is 0 Å². The summed E-state index contributed by atoms with van der Waals surface area (Å²) in [7, 11) is 0. The zero-order valence-corrected chi connectivity index (χ0v) is 13.8. The Kier molecular flexibility index (Phi) is 8.72. The van der Waals surface area contributed by atoms with Crippen molar-refractivity contribution in [2.45, 2.75) is 59.8 Å². The van der Waals surface area contributed by atoms with E-state index >= 15 is 0 Å². The molecule has 0 spiro atoms. The van der Waals surface area contributed by atoms with Gasteiger partial charge in [0.2, 0.25) is 0 Å². The number of hydrogen-bond acceptors (Lipinski definition) is 2. The lowest BCUT2D eigenvalue weighted by atomic mass is 9.85. The average Bonchev–Trinajstić information content (AvgIpc) is 2.48. The predicted octanol–water partition coefficient (Wildman–Crippen LogP) is 3.77. The number of hydrogen-bond donors (Lipinski definition) is 1. The molecule has 1 rings (SSSR count). The molecule has 1 heterocycles. The summed E-state index contributed by atoms with van der Waals surface area (Å²) < 4.78 is 0. The van der Waals surface area contributed by atoms with Crippen molar-refractivity contribution in [3.05, 3.63) is 0 Å². The molecule has 0 radical (unpaired) electrons. The van der Waals surface area contributed by atoms with Gasteiger partial charge in [-0.25, -0.2) is 0 Å². The SMILES string of the molecule is CCC(CC)CN(CC)CCC(C)C1CCCNC1. The highest BCUT2D eigenvalue weighted by molar-refractivity contribution is 4.75. The fraction of sp³-hybridized carbons (Fsp3) is 1.00. The van der Waals surface area contributed by atoms with Crippen molar-refractivity contribution in [2.75, 3.05) is 32.7 Å². The Morgan fingerprint density at radius 2 is 1.95 bits per heavy atom. The third-order valence-electron chi connectivity index (χ3n) is 5.16. The Labute approximate surface area is 121 Å². The van der Waals surface area contributed by atoms with Crippen LogP contribution in [0.3, 0.4) is 0 Å². The van der Waals surface area contributed by atoms with Gasteiger partial charge >= 0.3 is 0 Å². The van der Waals surface area contributed by atoms with E-state index in [-0.39, 0.29) is 0 Å². The Hall–Kier alpha value is -0.0800. The largest absolute Gasteiger partial charge is 0.316 e. The van der Waals surface area contributed by atoms with E-state index in [1.54, 1.807) is 0 Å². The summed E-state index contributed by atoms with van der Waals surface area (Å²) in [5.41, 5.74) is 0. The standard InChI is InChI=1S/C17H36N2/c1-5-16(6-2)14-19(7-3)12-10-15(4)17-9-8-11-18-13-17/h15-18H,5-14H2,1-4H3. The maximum atomic E-state index is 3.55. The van der Waals surface area contributed by atoms with Crippen LogP contribution >= 0.6 is 0 Å². The molecule has 19 heavy (non-hydrogen) atoms. The summed E-state index contributed by atoms with van der Waals surface area (Å²) in [5, 5.41) is 3.55. The predicted molar refractivity (Wildman–Crippen MR) is 85.6 cm³/mol. The Morgan fingerprint density at radius 1 is 1.21 bits per heavy atom. The van der Waals surface area contributed by atoms with Crippen molar-refractivity contribution >= 4 is 0 Å². The molecule has 1 aliphatic rings. The first-order valence-electron chi connectivity index (χ1n) is 8.64. The molecule has 1 aliphatic heterocycles. The van der Waals surface area contributed by atoms with Gasteiger partial charge in [-0.3, -0.25) is 0 Å². The van der Waals surface area contributed by atoms with Gasteiger partial charge in [-0.15, -0.1) is 0 Å². The Morgan fingerprint density at radius 3 is 2.47 bits per heavy atom. The van der Waals surface area contributed by atoms with Crippen LogP contribution < -0.4 is 5.32 Å². The fourth-order valence-electron chi connectivity index (χ4n) is 3.28. The molecule has 2 heteroatoms. The number of rotatable bonds is 9. The normalized spacial score (nSPS) is 22.1. The van der Waals surface area contributed by atoms with Crippen LogP contribution in [0.25, 0.3) is 0 Å². The van der Waals surface area contributed by atoms with Crippen molar-refractivity contribution in [1.82, 2.24) is 10.2 Å². The van der Waals surface area contributed by atoms with Gasteiger partial charge in [0.1, 0.15) is 0 Å². The molecule has 114 valence electrons. The average molecular weight is 268 g/mol. The van der Waals surface area contributed by atoms with E-state index in [0.717, 1.165) is 17.8 Å². The molecule has 0 amide bonds. The Balaban J connectivity index is 2.27. The van der Waals surface area contributed by atoms with Crippen LogP contribution in [0.5, 0.6) is 0 Å². The van der Waals surface area contributed by atoms with Crippen LogP contribution in [0, 0.1) is 17.8 Å². The second kappa shape index (κ2) is 9.77. The van der Waals surface area contributed by atoms with Crippen LogP contribution in [0.2, 0.25) is 0 Å². The molecule has 2 unspecified atom stereocenters. The van der Waals surface area contributed by atoms with Gasteiger partial charge in [0.25, 0.3) is 0 Å². The van der Waals surface area contributed by atoms with Gasteiger partial charge in [-0.1, -0.05) is 40.5 Å². The second-order valence-corrected chi connectivity index (χ2v) is 6.45. The lowest BCUT2D eigenvalue weighted by Gasteiger charge is -2.31. The molecule has 0 saturated carbocycles. The molecular formula is C17H36N2. The van der Waals surface area contributed by atoms with Gasteiger partial charge in [-0.05, 0) is 63.2 Å². The molecule has 1 saturated heterocycles. The molecule has 1 N–H and O–H groups in total. The van der Waals surface area contributed by atoms with Gasteiger partial charge in [-0.2, -0.15) is 0 Å². The summed E-state index contributed by atoms with van der Waals surface area (Å²) in [6.45, 7) is 15.7. The van der Waals surface area contributed by atoms with Gasteiger partial charge in [0, 0.05) is 6.54 Å². The van der Waals surface area contributed by atoms with E-state index in [9.17, 15) is 0 Å². The van der Waals surface area contributed by atoms with Crippen molar-refractivity contribution in [2.24, 2.45) is 17.8 Å². The van der Waals surface area contributed by atoms with Crippen LogP contribution in [0.1, 0.15) is 59.8 Å². The zero-order valence-electron chi connectivity index (χ0n) is 13.8. The highest BCUT2D eigenvalue weighted by Gasteiger charge is 2.20. The topological polar surface area (TPSA) is 15.3 Å². The number of nitrogens with zero attached hydrogens (tertiary/aromatic N) is 1. The van der Waals surface area contributed by atoms with Crippen molar-refractivity contribution in [1.29, 1.82) is 0 Å². The smallest absolute Gasteiger partial charge is 0.000934 e. The van der Waals surface area contributed by atoms with Crippen molar-refractivity contribution in [3.8, 4) is 0 Å². The molecule has 0 aliphatic carbocycles. The maximum Gasteiger partial charge on any atom is 0.000934 e. The first-order valence-corrected chi connectivity index (χ1v) is 8.64. The second-order valence-electron chi connectivity index (χ2n) is 6.45. The van der Waals surface area contributed by atoms with Crippen molar-refractivity contribution < 1.29 is 0 Å². The maximum absolute atomic E-state index is 3.55. The lowest BCUT2D eigenvalue weighted by Crippen LogP contribution is -2.36. The Bertz CT molecular complexity index is 207. The highest BCUT2D eigenvalue weighted by Crippen LogP contribution is 2.23. The van der Waals surface area contributed by atoms with Gasteiger partial charge < -0.3 is 10.2 Å². The van der Waals surface area contributed by atoms with E-state index < -0.39 is 0 Å². The molecule has 0 aromatic rings. The summed E-state index contributed by atoms with van der Waals surface area (Å²) >= 11 is 0. The minimum absolute atomic E-state index is 0.878. The molecule has 0 aromatic heterocycles.